The van der Waals surface area contributed by atoms with Crippen molar-refractivity contribution in [2.45, 2.75) is 33.3 Å². The SMILES string of the molecule is Cc1noc(C)c1-c1nc(N2CC[C@H](O)[C@H](C)C2)ncc1-c1cnccn1. The summed E-state index contributed by atoms with van der Waals surface area (Å²) in [5.41, 5.74) is 3.83. The Hall–Kier alpha value is -2.87. The van der Waals surface area contributed by atoms with Gasteiger partial charge in [-0.3, -0.25) is 9.97 Å². The van der Waals surface area contributed by atoms with Crippen LogP contribution in [0.2, 0.25) is 0 Å². The molecule has 0 amide bonds. The molecule has 0 radical (unpaired) electrons. The minimum Gasteiger partial charge on any atom is -0.393 e. The fourth-order valence-corrected chi connectivity index (χ4v) is 3.48. The van der Waals surface area contributed by atoms with Crippen molar-refractivity contribution in [1.82, 2.24) is 25.1 Å². The average Bonchev–Trinajstić information content (AvgIpc) is 3.02. The zero-order valence-corrected chi connectivity index (χ0v) is 15.6. The second kappa shape index (κ2) is 7.03. The average molecular weight is 366 g/mol. The molecule has 0 unspecified atom stereocenters. The normalized spacial score (nSPS) is 20.1. The minimum atomic E-state index is -0.276. The lowest BCUT2D eigenvalue weighted by Crippen LogP contribution is -2.42. The summed E-state index contributed by atoms with van der Waals surface area (Å²) in [6.07, 6.45) is 7.19. The Labute approximate surface area is 157 Å². The van der Waals surface area contributed by atoms with Crippen LogP contribution >= 0.6 is 0 Å². The van der Waals surface area contributed by atoms with E-state index in [1.54, 1.807) is 24.8 Å². The molecular formula is C19H22N6O2. The summed E-state index contributed by atoms with van der Waals surface area (Å²) < 4.78 is 5.36. The maximum Gasteiger partial charge on any atom is 0.225 e. The predicted molar refractivity (Wildman–Crippen MR) is 100 cm³/mol. The third-order valence-electron chi connectivity index (χ3n) is 5.03. The van der Waals surface area contributed by atoms with E-state index in [1.807, 2.05) is 20.8 Å². The molecule has 8 heteroatoms. The Morgan fingerprint density at radius 1 is 1.19 bits per heavy atom. The van der Waals surface area contributed by atoms with Crippen molar-refractivity contribution < 1.29 is 9.63 Å². The van der Waals surface area contributed by atoms with Crippen molar-refractivity contribution in [3.8, 4) is 22.5 Å². The Bertz CT molecular complexity index is 923. The van der Waals surface area contributed by atoms with E-state index in [-0.39, 0.29) is 12.0 Å². The number of nitrogens with zero attached hydrogens (tertiary/aromatic N) is 6. The first kappa shape index (κ1) is 17.5. The highest BCUT2D eigenvalue weighted by molar-refractivity contribution is 5.80. The van der Waals surface area contributed by atoms with Crippen LogP contribution in [0.5, 0.6) is 0 Å². The summed E-state index contributed by atoms with van der Waals surface area (Å²) in [7, 11) is 0. The first-order valence-electron chi connectivity index (χ1n) is 9.04. The van der Waals surface area contributed by atoms with Crippen LogP contribution in [-0.2, 0) is 0 Å². The molecule has 4 rings (SSSR count). The number of hydrogen-bond acceptors (Lipinski definition) is 8. The highest BCUT2D eigenvalue weighted by atomic mass is 16.5. The highest BCUT2D eigenvalue weighted by Gasteiger charge is 2.27. The quantitative estimate of drug-likeness (QED) is 0.754. The van der Waals surface area contributed by atoms with Crippen LogP contribution in [0.1, 0.15) is 24.8 Å². The number of anilines is 1. The fraction of sp³-hybridized carbons (Fsp3) is 0.421. The van der Waals surface area contributed by atoms with Crippen molar-refractivity contribution in [2.75, 3.05) is 18.0 Å². The summed E-state index contributed by atoms with van der Waals surface area (Å²) in [5, 5.41) is 14.1. The maximum absolute atomic E-state index is 10.0. The van der Waals surface area contributed by atoms with E-state index in [9.17, 15) is 5.11 Å². The molecule has 3 aromatic rings. The van der Waals surface area contributed by atoms with Crippen molar-refractivity contribution >= 4 is 5.95 Å². The lowest BCUT2D eigenvalue weighted by molar-refractivity contribution is 0.0966. The monoisotopic (exact) mass is 366 g/mol. The molecule has 1 aliphatic heterocycles. The lowest BCUT2D eigenvalue weighted by atomic mass is 9.97. The molecule has 4 heterocycles. The third kappa shape index (κ3) is 3.28. The van der Waals surface area contributed by atoms with Gasteiger partial charge < -0.3 is 14.5 Å². The fourth-order valence-electron chi connectivity index (χ4n) is 3.48. The molecule has 8 nitrogen and oxygen atoms in total. The molecule has 1 saturated heterocycles. The number of aliphatic hydroxyl groups excluding tert-OH is 1. The summed E-state index contributed by atoms with van der Waals surface area (Å²) >= 11 is 0. The lowest BCUT2D eigenvalue weighted by Gasteiger charge is -2.34. The predicted octanol–water partition coefficient (Wildman–Crippen LogP) is 2.41. The van der Waals surface area contributed by atoms with E-state index >= 15 is 0 Å². The summed E-state index contributed by atoms with van der Waals surface area (Å²) in [6, 6.07) is 0. The van der Waals surface area contributed by atoms with E-state index in [0.717, 1.165) is 29.1 Å². The number of hydrogen-bond donors (Lipinski definition) is 1. The molecule has 1 fully saturated rings. The van der Waals surface area contributed by atoms with Gasteiger partial charge in [-0.05, 0) is 26.2 Å². The Kier molecular flexibility index (Phi) is 4.57. The van der Waals surface area contributed by atoms with Gasteiger partial charge in [-0.25, -0.2) is 9.97 Å². The molecule has 0 aliphatic carbocycles. The number of aromatic nitrogens is 5. The van der Waals surface area contributed by atoms with Gasteiger partial charge in [0.25, 0.3) is 0 Å². The Morgan fingerprint density at radius 2 is 2.04 bits per heavy atom. The molecule has 0 aromatic carbocycles. The Morgan fingerprint density at radius 3 is 2.70 bits per heavy atom. The second-order valence-electron chi connectivity index (χ2n) is 7.00. The summed E-state index contributed by atoms with van der Waals surface area (Å²) in [6.45, 7) is 7.24. The van der Waals surface area contributed by atoms with Gasteiger partial charge in [0.1, 0.15) is 5.76 Å². The maximum atomic E-state index is 10.0. The van der Waals surface area contributed by atoms with E-state index in [1.165, 1.54) is 0 Å². The number of aliphatic hydroxyl groups is 1. The zero-order chi connectivity index (χ0) is 19.0. The molecule has 140 valence electrons. The van der Waals surface area contributed by atoms with Crippen LogP contribution in [0, 0.1) is 19.8 Å². The van der Waals surface area contributed by atoms with Gasteiger partial charge in [-0.2, -0.15) is 0 Å². The molecule has 2 atom stereocenters. The highest BCUT2D eigenvalue weighted by Crippen LogP contribution is 2.34. The molecule has 1 N–H and O–H groups in total. The first-order valence-corrected chi connectivity index (χ1v) is 9.04. The van der Waals surface area contributed by atoms with Crippen LogP contribution in [0.3, 0.4) is 0 Å². The van der Waals surface area contributed by atoms with Crippen molar-refractivity contribution in [2.24, 2.45) is 5.92 Å². The van der Waals surface area contributed by atoms with Crippen molar-refractivity contribution in [3.63, 3.8) is 0 Å². The largest absolute Gasteiger partial charge is 0.393 e. The van der Waals surface area contributed by atoms with E-state index in [2.05, 4.69) is 25.0 Å². The smallest absolute Gasteiger partial charge is 0.225 e. The molecule has 0 saturated carbocycles. The molecule has 1 aliphatic rings. The molecular weight excluding hydrogens is 344 g/mol. The van der Waals surface area contributed by atoms with Gasteiger partial charge in [-0.15, -0.1) is 0 Å². The van der Waals surface area contributed by atoms with Crippen LogP contribution in [-0.4, -0.2) is 49.4 Å². The van der Waals surface area contributed by atoms with Crippen LogP contribution in [0.4, 0.5) is 5.95 Å². The topological polar surface area (TPSA) is 101 Å². The van der Waals surface area contributed by atoms with Crippen LogP contribution < -0.4 is 4.90 Å². The van der Waals surface area contributed by atoms with Gasteiger partial charge >= 0.3 is 0 Å². The van der Waals surface area contributed by atoms with Gasteiger partial charge in [0.05, 0.1) is 34.9 Å². The standard InChI is InChI=1S/C19H22N6O2/c1-11-10-25(7-4-16(11)26)19-22-8-14(15-9-20-5-6-21-15)18(23-19)17-12(2)24-27-13(17)3/h5-6,8-9,11,16,26H,4,7,10H2,1-3H3/t11-,16+/m1/s1. The summed E-state index contributed by atoms with van der Waals surface area (Å²) in [5.74, 6) is 1.51. The number of rotatable bonds is 3. The van der Waals surface area contributed by atoms with Gasteiger partial charge in [0, 0.05) is 37.2 Å². The zero-order valence-electron chi connectivity index (χ0n) is 15.6. The molecule has 0 bridgehead atoms. The Balaban J connectivity index is 1.82. The third-order valence-corrected chi connectivity index (χ3v) is 5.03. The van der Waals surface area contributed by atoms with E-state index in [4.69, 9.17) is 9.51 Å². The van der Waals surface area contributed by atoms with Gasteiger partial charge in [-0.1, -0.05) is 12.1 Å². The van der Waals surface area contributed by atoms with E-state index in [0.29, 0.717) is 30.4 Å². The molecule has 27 heavy (non-hydrogen) atoms. The van der Waals surface area contributed by atoms with Crippen molar-refractivity contribution in [3.05, 3.63) is 36.2 Å². The number of piperidine rings is 1. The summed E-state index contributed by atoms with van der Waals surface area (Å²) in [4.78, 5) is 20.1. The van der Waals surface area contributed by atoms with Crippen LogP contribution in [0.25, 0.3) is 22.5 Å². The van der Waals surface area contributed by atoms with Crippen LogP contribution in [0.15, 0.2) is 29.3 Å². The van der Waals surface area contributed by atoms with Gasteiger partial charge in [0.2, 0.25) is 5.95 Å². The second-order valence-corrected chi connectivity index (χ2v) is 7.00. The van der Waals surface area contributed by atoms with E-state index < -0.39 is 0 Å². The minimum absolute atomic E-state index is 0.171. The van der Waals surface area contributed by atoms with Crippen molar-refractivity contribution in [1.29, 1.82) is 0 Å². The molecule has 0 spiro atoms. The molecule has 3 aromatic heterocycles. The number of aryl methyl sites for hydroxylation is 2. The van der Waals surface area contributed by atoms with Gasteiger partial charge in [0.15, 0.2) is 0 Å². The first-order chi connectivity index (χ1) is 13.0.